The fourth-order valence-corrected chi connectivity index (χ4v) is 3.77. The number of hydrogen-bond donors (Lipinski definition) is 1. The molecule has 3 aromatic rings. The quantitative estimate of drug-likeness (QED) is 0.546. The minimum absolute atomic E-state index is 0.0301. The van der Waals surface area contributed by atoms with Gasteiger partial charge in [-0.3, -0.25) is 9.59 Å². The second kappa shape index (κ2) is 9.91. The molecule has 1 amide bonds. The van der Waals surface area contributed by atoms with Gasteiger partial charge in [-0.25, -0.2) is 4.68 Å². The summed E-state index contributed by atoms with van der Waals surface area (Å²) in [6, 6.07) is 10.8. The van der Waals surface area contributed by atoms with Crippen molar-refractivity contribution in [1.82, 2.24) is 9.78 Å². The predicted octanol–water partition coefficient (Wildman–Crippen LogP) is 4.68. The highest BCUT2D eigenvalue weighted by Crippen LogP contribution is 2.30. The average molecular weight is 487 g/mol. The van der Waals surface area contributed by atoms with Gasteiger partial charge in [0.05, 0.1) is 23.0 Å². The molecule has 0 spiro atoms. The van der Waals surface area contributed by atoms with Gasteiger partial charge in [-0.15, -0.1) is 0 Å². The summed E-state index contributed by atoms with van der Waals surface area (Å²) in [4.78, 5) is 25.6. The molecule has 0 aliphatic carbocycles. The van der Waals surface area contributed by atoms with Gasteiger partial charge >= 0.3 is 6.18 Å². The van der Waals surface area contributed by atoms with E-state index in [1.54, 1.807) is 18.2 Å². The molecule has 0 radical (unpaired) electrons. The normalized spacial score (nSPS) is 15.7. The molecule has 2 heterocycles. The Kier molecular flexibility index (Phi) is 6.93. The Labute approximate surface area is 199 Å². The molecule has 1 N–H and O–H groups in total. The average Bonchev–Trinajstić information content (AvgIpc) is 3.32. The zero-order valence-electron chi connectivity index (χ0n) is 19.2. The highest BCUT2D eigenvalue weighted by Gasteiger charge is 2.30. The monoisotopic (exact) mass is 487 g/mol. The number of carbonyl (C=O) groups is 1. The van der Waals surface area contributed by atoms with E-state index in [0.29, 0.717) is 24.7 Å². The Morgan fingerprint density at radius 1 is 1.20 bits per heavy atom. The van der Waals surface area contributed by atoms with Crippen LogP contribution in [-0.2, 0) is 10.9 Å². The third kappa shape index (κ3) is 5.71. The lowest BCUT2D eigenvalue weighted by Gasteiger charge is -2.16. The maximum absolute atomic E-state index is 13.2. The minimum Gasteiger partial charge on any atom is -0.489 e. The van der Waals surface area contributed by atoms with Crippen LogP contribution in [0.15, 0.2) is 53.3 Å². The Morgan fingerprint density at radius 3 is 2.71 bits per heavy atom. The number of amides is 1. The number of alkyl halides is 3. The molecule has 0 saturated carbocycles. The topological polar surface area (TPSA) is 82.5 Å². The molecule has 1 saturated heterocycles. The van der Waals surface area contributed by atoms with E-state index in [9.17, 15) is 22.8 Å². The van der Waals surface area contributed by atoms with E-state index in [-0.39, 0.29) is 17.5 Å². The summed E-state index contributed by atoms with van der Waals surface area (Å²) in [6.07, 6.45) is -2.73. The maximum Gasteiger partial charge on any atom is 0.416 e. The number of benzene rings is 2. The first-order valence-corrected chi connectivity index (χ1v) is 11.1. The van der Waals surface area contributed by atoms with Gasteiger partial charge in [0, 0.05) is 18.4 Å². The van der Waals surface area contributed by atoms with E-state index in [1.807, 2.05) is 6.92 Å². The van der Waals surface area contributed by atoms with Crippen LogP contribution in [0.25, 0.3) is 5.69 Å². The number of anilines is 1. The van der Waals surface area contributed by atoms with Gasteiger partial charge in [-0.1, -0.05) is 12.1 Å². The molecule has 10 heteroatoms. The van der Waals surface area contributed by atoms with Crippen molar-refractivity contribution in [1.29, 1.82) is 0 Å². The van der Waals surface area contributed by atoms with Crippen LogP contribution in [0.5, 0.6) is 5.75 Å². The van der Waals surface area contributed by atoms with Crippen molar-refractivity contribution in [3.63, 3.8) is 0 Å². The van der Waals surface area contributed by atoms with E-state index in [4.69, 9.17) is 9.47 Å². The summed E-state index contributed by atoms with van der Waals surface area (Å²) in [6.45, 7) is 4.40. The lowest BCUT2D eigenvalue weighted by atomic mass is 10.2. The van der Waals surface area contributed by atoms with E-state index in [0.717, 1.165) is 41.3 Å². The van der Waals surface area contributed by atoms with Gasteiger partial charge in [0.1, 0.15) is 12.4 Å². The third-order valence-electron chi connectivity index (χ3n) is 5.57. The number of carbonyl (C=O) groups excluding carboxylic acids is 1. The molecule has 0 bridgehead atoms. The molecule has 1 atom stereocenters. The number of ether oxygens (including phenoxy) is 2. The second-order valence-corrected chi connectivity index (χ2v) is 8.36. The SMILES string of the molecule is Cc1ccc(NC(=O)c2nn(-c3cccc(C(F)(F)F)c3)c(C)cc2=O)c(OCC2CCCO2)c1. The molecule has 184 valence electrons. The lowest BCUT2D eigenvalue weighted by Crippen LogP contribution is -2.27. The molecule has 1 aliphatic rings. The second-order valence-electron chi connectivity index (χ2n) is 8.36. The fraction of sp³-hybridized carbons (Fsp3) is 0.320. The number of aromatic nitrogens is 2. The zero-order valence-corrected chi connectivity index (χ0v) is 19.2. The highest BCUT2D eigenvalue weighted by molar-refractivity contribution is 6.03. The summed E-state index contributed by atoms with van der Waals surface area (Å²) >= 11 is 0. The molecular formula is C25H24F3N3O4. The van der Waals surface area contributed by atoms with Crippen LogP contribution < -0.4 is 15.5 Å². The van der Waals surface area contributed by atoms with E-state index in [1.165, 1.54) is 19.1 Å². The van der Waals surface area contributed by atoms with Crippen molar-refractivity contribution < 1.29 is 27.4 Å². The Bertz CT molecular complexity index is 1300. The van der Waals surface area contributed by atoms with Crippen LogP contribution in [0.3, 0.4) is 0 Å². The minimum atomic E-state index is -4.55. The smallest absolute Gasteiger partial charge is 0.416 e. The molecule has 1 aliphatic heterocycles. The number of nitrogens with zero attached hydrogens (tertiary/aromatic N) is 2. The third-order valence-corrected chi connectivity index (χ3v) is 5.57. The van der Waals surface area contributed by atoms with E-state index in [2.05, 4.69) is 10.4 Å². The molecule has 4 rings (SSSR count). The number of nitrogens with one attached hydrogen (secondary N) is 1. The molecule has 35 heavy (non-hydrogen) atoms. The van der Waals surface area contributed by atoms with Crippen molar-refractivity contribution in [3.8, 4) is 11.4 Å². The molecular weight excluding hydrogens is 463 g/mol. The van der Waals surface area contributed by atoms with Crippen LogP contribution in [0, 0.1) is 13.8 Å². The summed E-state index contributed by atoms with van der Waals surface area (Å²) < 4.78 is 52.1. The maximum atomic E-state index is 13.2. The Hall–Kier alpha value is -3.66. The molecule has 2 aromatic carbocycles. The number of hydrogen-bond acceptors (Lipinski definition) is 5. The first-order chi connectivity index (χ1) is 16.6. The summed E-state index contributed by atoms with van der Waals surface area (Å²) in [7, 11) is 0. The van der Waals surface area contributed by atoms with Gasteiger partial charge < -0.3 is 14.8 Å². The Balaban J connectivity index is 1.62. The number of rotatable bonds is 6. The summed E-state index contributed by atoms with van der Waals surface area (Å²) in [5.74, 6) is -0.388. The van der Waals surface area contributed by atoms with Gasteiger partial charge in [0.2, 0.25) is 5.43 Å². The van der Waals surface area contributed by atoms with Gasteiger partial charge in [0.25, 0.3) is 5.91 Å². The first-order valence-electron chi connectivity index (χ1n) is 11.1. The highest BCUT2D eigenvalue weighted by atomic mass is 19.4. The molecule has 1 fully saturated rings. The van der Waals surface area contributed by atoms with E-state index < -0.39 is 28.8 Å². The van der Waals surface area contributed by atoms with Crippen molar-refractivity contribution in [2.24, 2.45) is 0 Å². The van der Waals surface area contributed by atoms with Crippen molar-refractivity contribution in [2.75, 3.05) is 18.5 Å². The van der Waals surface area contributed by atoms with Gasteiger partial charge in [-0.2, -0.15) is 18.3 Å². The van der Waals surface area contributed by atoms with Gasteiger partial charge in [0.15, 0.2) is 5.69 Å². The first kappa shape index (κ1) is 24.5. The van der Waals surface area contributed by atoms with Crippen molar-refractivity contribution in [3.05, 3.63) is 81.3 Å². The van der Waals surface area contributed by atoms with Crippen molar-refractivity contribution in [2.45, 2.75) is 39.0 Å². The molecule has 1 unspecified atom stereocenters. The largest absolute Gasteiger partial charge is 0.489 e. The van der Waals surface area contributed by atoms with Crippen LogP contribution >= 0.6 is 0 Å². The summed E-state index contributed by atoms with van der Waals surface area (Å²) in [5, 5.41) is 6.72. The number of aryl methyl sites for hydroxylation is 2. The van der Waals surface area contributed by atoms with Crippen molar-refractivity contribution >= 4 is 11.6 Å². The predicted molar refractivity (Wildman–Crippen MR) is 123 cm³/mol. The molecule has 1 aromatic heterocycles. The van der Waals surface area contributed by atoms with E-state index >= 15 is 0 Å². The Morgan fingerprint density at radius 2 is 2.00 bits per heavy atom. The fourth-order valence-electron chi connectivity index (χ4n) is 3.77. The van der Waals surface area contributed by atoms with Crippen LogP contribution in [0.1, 0.15) is 40.2 Å². The van der Waals surface area contributed by atoms with Crippen LogP contribution in [-0.4, -0.2) is 35.0 Å². The number of halogens is 3. The molecule has 7 nitrogen and oxygen atoms in total. The van der Waals surface area contributed by atoms with Crippen LogP contribution in [0.4, 0.5) is 18.9 Å². The van der Waals surface area contributed by atoms with Crippen LogP contribution in [0.2, 0.25) is 0 Å². The lowest BCUT2D eigenvalue weighted by molar-refractivity contribution is -0.137. The summed E-state index contributed by atoms with van der Waals surface area (Å²) in [5.41, 5.74) is -0.384. The van der Waals surface area contributed by atoms with Gasteiger partial charge in [-0.05, 0) is 62.6 Å². The standard InChI is InChI=1S/C25H24F3N3O4/c1-15-8-9-20(22(11-15)35-14-19-7-4-10-34-19)29-24(33)23-21(32)12-16(2)31(30-23)18-6-3-5-17(13-18)25(26,27)28/h3,5-6,8-9,11-13,19H,4,7,10,14H2,1-2H3,(H,29,33). The zero-order chi connectivity index (χ0) is 25.2.